The van der Waals surface area contributed by atoms with Crippen LogP contribution in [0.15, 0.2) is 89.7 Å². The van der Waals surface area contributed by atoms with E-state index < -0.39 is 0 Å². The first-order valence-corrected chi connectivity index (χ1v) is 10.5. The molecule has 32 heavy (non-hydrogen) atoms. The van der Waals surface area contributed by atoms with Crippen LogP contribution in [0.5, 0.6) is 0 Å². The van der Waals surface area contributed by atoms with Crippen LogP contribution in [-0.2, 0) is 11.2 Å². The number of hydrogen-bond acceptors (Lipinski definition) is 4. The van der Waals surface area contributed by atoms with Crippen LogP contribution < -0.4 is 5.32 Å². The molecule has 6 heteroatoms. The van der Waals surface area contributed by atoms with Crippen LogP contribution in [0.3, 0.4) is 0 Å². The van der Waals surface area contributed by atoms with Gasteiger partial charge in [0.1, 0.15) is 6.33 Å². The Labute approximate surface area is 185 Å². The van der Waals surface area contributed by atoms with Crippen molar-refractivity contribution in [3.63, 3.8) is 0 Å². The summed E-state index contributed by atoms with van der Waals surface area (Å²) < 4.78 is 7.83. The van der Waals surface area contributed by atoms with E-state index in [1.54, 1.807) is 12.5 Å². The van der Waals surface area contributed by atoms with Crippen molar-refractivity contribution in [3.05, 3.63) is 96.8 Å². The first-order chi connectivity index (χ1) is 15.7. The predicted molar refractivity (Wildman–Crippen MR) is 125 cm³/mol. The van der Waals surface area contributed by atoms with Crippen molar-refractivity contribution in [3.8, 4) is 17.0 Å². The van der Waals surface area contributed by atoms with Gasteiger partial charge in [0.05, 0.1) is 17.2 Å². The van der Waals surface area contributed by atoms with Crippen molar-refractivity contribution in [1.82, 2.24) is 14.5 Å². The summed E-state index contributed by atoms with van der Waals surface area (Å²) in [4.78, 5) is 21.1. The number of benzene rings is 3. The number of carbonyl (C=O) groups is 1. The van der Waals surface area contributed by atoms with Gasteiger partial charge in [0.15, 0.2) is 11.7 Å². The van der Waals surface area contributed by atoms with Gasteiger partial charge in [-0.3, -0.25) is 9.36 Å². The maximum atomic E-state index is 12.4. The van der Waals surface area contributed by atoms with Gasteiger partial charge in [0, 0.05) is 29.8 Å². The van der Waals surface area contributed by atoms with E-state index in [4.69, 9.17) is 4.42 Å². The number of nitrogens with zero attached hydrogens (tertiary/aromatic N) is 3. The summed E-state index contributed by atoms with van der Waals surface area (Å²) in [6.45, 7) is 2.04. The minimum Gasteiger partial charge on any atom is -0.441 e. The molecule has 1 N–H and O–H groups in total. The lowest BCUT2D eigenvalue weighted by Crippen LogP contribution is -2.12. The standard InChI is InChI=1S/C26H22N4O2/c1-18-6-8-19(9-7-18)24-16-27-26(32-24)15-14-25(31)29-20-10-12-21(13-11-20)30-17-28-22-4-2-3-5-23(22)30/h2-13,16-17H,14-15H2,1H3,(H,29,31). The van der Waals surface area contributed by atoms with Crippen LogP contribution in [0.1, 0.15) is 17.9 Å². The second-order valence-electron chi connectivity index (χ2n) is 7.68. The monoisotopic (exact) mass is 422 g/mol. The lowest BCUT2D eigenvalue weighted by atomic mass is 10.1. The first kappa shape index (κ1) is 19.8. The summed E-state index contributed by atoms with van der Waals surface area (Å²) in [6, 6.07) is 23.8. The third-order valence-electron chi connectivity index (χ3n) is 5.34. The molecule has 0 radical (unpaired) electrons. The highest BCUT2D eigenvalue weighted by Crippen LogP contribution is 2.22. The molecule has 0 saturated heterocycles. The van der Waals surface area contributed by atoms with Crippen LogP contribution in [0.25, 0.3) is 28.0 Å². The molecule has 5 aromatic rings. The normalized spacial score (nSPS) is 11.0. The Hall–Kier alpha value is -4.19. The Morgan fingerprint density at radius 1 is 0.969 bits per heavy atom. The Kier molecular flexibility index (Phi) is 5.25. The van der Waals surface area contributed by atoms with E-state index in [9.17, 15) is 4.79 Å². The number of carbonyl (C=O) groups excluding carboxylic acids is 1. The van der Waals surface area contributed by atoms with Gasteiger partial charge in [0.2, 0.25) is 5.91 Å². The number of imidazole rings is 1. The maximum Gasteiger partial charge on any atom is 0.224 e. The maximum absolute atomic E-state index is 12.4. The van der Waals surface area contributed by atoms with Crippen LogP contribution in [0.4, 0.5) is 5.69 Å². The molecule has 0 spiro atoms. The van der Waals surface area contributed by atoms with Crippen molar-refractivity contribution >= 4 is 22.6 Å². The van der Waals surface area contributed by atoms with Crippen molar-refractivity contribution in [2.24, 2.45) is 0 Å². The largest absolute Gasteiger partial charge is 0.441 e. The fourth-order valence-corrected chi connectivity index (χ4v) is 3.59. The summed E-state index contributed by atoms with van der Waals surface area (Å²) in [5.74, 6) is 1.18. The number of hydrogen-bond donors (Lipinski definition) is 1. The fraction of sp³-hybridized carbons (Fsp3) is 0.115. The molecule has 0 fully saturated rings. The summed E-state index contributed by atoms with van der Waals surface area (Å²) in [5.41, 5.74) is 5.89. The summed E-state index contributed by atoms with van der Waals surface area (Å²) >= 11 is 0. The van der Waals surface area contributed by atoms with Gasteiger partial charge < -0.3 is 9.73 Å². The molecular formula is C26H22N4O2. The topological polar surface area (TPSA) is 73.0 Å². The van der Waals surface area contributed by atoms with Crippen LogP contribution >= 0.6 is 0 Å². The highest BCUT2D eigenvalue weighted by Gasteiger charge is 2.10. The Morgan fingerprint density at radius 2 is 1.75 bits per heavy atom. The summed E-state index contributed by atoms with van der Waals surface area (Å²) in [7, 11) is 0. The van der Waals surface area contributed by atoms with Gasteiger partial charge in [-0.15, -0.1) is 0 Å². The second kappa shape index (κ2) is 8.51. The number of nitrogens with one attached hydrogen (secondary N) is 1. The molecule has 0 saturated carbocycles. The number of fused-ring (bicyclic) bond motifs is 1. The van der Waals surface area contributed by atoms with Gasteiger partial charge in [0.25, 0.3) is 0 Å². The number of rotatable bonds is 6. The average Bonchev–Trinajstić information content (AvgIpc) is 3.46. The van der Waals surface area contributed by atoms with E-state index >= 15 is 0 Å². The molecule has 0 aliphatic heterocycles. The van der Waals surface area contributed by atoms with Gasteiger partial charge in [-0.25, -0.2) is 9.97 Å². The van der Waals surface area contributed by atoms with Crippen molar-refractivity contribution < 1.29 is 9.21 Å². The van der Waals surface area contributed by atoms with Gasteiger partial charge in [-0.2, -0.15) is 0 Å². The molecule has 6 nitrogen and oxygen atoms in total. The highest BCUT2D eigenvalue weighted by molar-refractivity contribution is 5.91. The number of para-hydroxylation sites is 2. The number of oxazole rings is 1. The van der Waals surface area contributed by atoms with Crippen LogP contribution in [-0.4, -0.2) is 20.4 Å². The number of aryl methyl sites for hydroxylation is 2. The SMILES string of the molecule is Cc1ccc(-c2cnc(CCC(=O)Nc3ccc(-n4cnc5ccccc54)cc3)o2)cc1. The first-order valence-electron chi connectivity index (χ1n) is 10.5. The van der Waals surface area contributed by atoms with E-state index in [0.29, 0.717) is 24.5 Å². The minimum atomic E-state index is -0.0825. The molecular weight excluding hydrogens is 400 g/mol. The molecule has 0 unspecified atom stereocenters. The molecule has 158 valence electrons. The predicted octanol–water partition coefficient (Wildman–Crippen LogP) is 5.56. The van der Waals surface area contributed by atoms with Gasteiger partial charge in [-0.05, 0) is 43.3 Å². The van der Waals surface area contributed by atoms with Crippen LogP contribution in [0.2, 0.25) is 0 Å². The molecule has 2 heterocycles. The smallest absolute Gasteiger partial charge is 0.224 e. The molecule has 0 bridgehead atoms. The summed E-state index contributed by atoms with van der Waals surface area (Å²) in [6.07, 6.45) is 4.24. The molecule has 0 aliphatic rings. The zero-order chi connectivity index (χ0) is 21.9. The quantitative estimate of drug-likeness (QED) is 0.389. The minimum absolute atomic E-state index is 0.0825. The van der Waals surface area contributed by atoms with Crippen molar-refractivity contribution in [2.45, 2.75) is 19.8 Å². The van der Waals surface area contributed by atoms with E-state index in [1.165, 1.54) is 5.56 Å². The Balaban J connectivity index is 1.19. The molecule has 0 atom stereocenters. The second-order valence-corrected chi connectivity index (χ2v) is 7.68. The zero-order valence-electron chi connectivity index (χ0n) is 17.7. The van der Waals surface area contributed by atoms with Crippen LogP contribution in [0, 0.1) is 6.92 Å². The third-order valence-corrected chi connectivity index (χ3v) is 5.34. The average molecular weight is 422 g/mol. The van der Waals surface area contributed by atoms with Gasteiger partial charge in [-0.1, -0.05) is 42.0 Å². The number of anilines is 1. The molecule has 3 aromatic carbocycles. The van der Waals surface area contributed by atoms with Crippen molar-refractivity contribution in [2.75, 3.05) is 5.32 Å². The number of aromatic nitrogens is 3. The molecule has 5 rings (SSSR count). The van der Waals surface area contributed by atoms with E-state index in [1.807, 2.05) is 84.3 Å². The number of amides is 1. The fourth-order valence-electron chi connectivity index (χ4n) is 3.59. The zero-order valence-corrected chi connectivity index (χ0v) is 17.7. The lowest BCUT2D eigenvalue weighted by Gasteiger charge is -2.07. The Bertz CT molecular complexity index is 1370. The highest BCUT2D eigenvalue weighted by atomic mass is 16.4. The van der Waals surface area contributed by atoms with Gasteiger partial charge >= 0.3 is 0 Å². The lowest BCUT2D eigenvalue weighted by molar-refractivity contribution is -0.116. The molecule has 0 aliphatic carbocycles. The summed E-state index contributed by atoms with van der Waals surface area (Å²) in [5, 5.41) is 2.93. The van der Waals surface area contributed by atoms with E-state index in [0.717, 1.165) is 28.0 Å². The van der Waals surface area contributed by atoms with E-state index in [-0.39, 0.29) is 5.91 Å². The molecule has 1 amide bonds. The third kappa shape index (κ3) is 4.16. The Morgan fingerprint density at radius 3 is 2.56 bits per heavy atom. The van der Waals surface area contributed by atoms with E-state index in [2.05, 4.69) is 15.3 Å². The molecule has 2 aromatic heterocycles. The van der Waals surface area contributed by atoms with Crippen molar-refractivity contribution in [1.29, 1.82) is 0 Å².